The summed E-state index contributed by atoms with van der Waals surface area (Å²) in [5.74, 6) is 0.739. The summed E-state index contributed by atoms with van der Waals surface area (Å²) in [7, 11) is -4.60. The minimum absolute atomic E-state index is 0. The molecular formula is C18H29NaO5S. The van der Waals surface area contributed by atoms with Crippen LogP contribution in [-0.4, -0.2) is 26.2 Å². The Hall–Kier alpha value is -0.110. The Bertz CT molecular complexity index is 531. The molecule has 0 aliphatic rings. The molecule has 0 heterocycles. The van der Waals surface area contributed by atoms with Gasteiger partial charge in [-0.2, -0.15) is 0 Å². The third kappa shape index (κ3) is 14.7. The van der Waals surface area contributed by atoms with Crippen molar-refractivity contribution in [1.82, 2.24) is 0 Å². The zero-order valence-electron chi connectivity index (χ0n) is 15.5. The van der Waals surface area contributed by atoms with Gasteiger partial charge in [0.05, 0.1) is 13.2 Å². The molecule has 0 fully saturated rings. The maximum atomic E-state index is 10.3. The van der Waals surface area contributed by atoms with Crippen molar-refractivity contribution in [3.8, 4) is 5.75 Å². The molecule has 0 bridgehead atoms. The number of ether oxygens (including phenoxy) is 1. The molecule has 0 spiro atoms. The van der Waals surface area contributed by atoms with Crippen LogP contribution in [0.3, 0.4) is 0 Å². The van der Waals surface area contributed by atoms with Crippen LogP contribution in [0.15, 0.2) is 24.3 Å². The van der Waals surface area contributed by atoms with Crippen LogP contribution in [0, 0.1) is 0 Å². The van der Waals surface area contributed by atoms with Gasteiger partial charge < -0.3 is 9.29 Å². The standard InChI is InChI=1S/C18H30O5S.Na/c1-2-3-4-5-6-7-8-10-17-11-13-18(14-12-17)22-15-9-16-23-24(19,20)21;/h11-14H,2-10,15-16H2,1H3,(H,19,20,21);/q;+1/p-1. The molecule has 138 valence electrons. The Labute approximate surface area is 174 Å². The molecule has 7 heteroatoms. The first-order valence-electron chi connectivity index (χ1n) is 8.83. The van der Waals surface area contributed by atoms with Gasteiger partial charge in [0, 0.05) is 6.42 Å². The maximum Gasteiger partial charge on any atom is 1.00 e. The van der Waals surface area contributed by atoms with Crippen LogP contribution in [0.5, 0.6) is 5.75 Å². The molecule has 25 heavy (non-hydrogen) atoms. The molecule has 0 aliphatic heterocycles. The number of benzene rings is 1. The second kappa shape index (κ2) is 15.0. The van der Waals surface area contributed by atoms with Crippen LogP contribution in [0.1, 0.15) is 63.9 Å². The SMILES string of the molecule is CCCCCCCCCc1ccc(OCCCOS(=O)(=O)[O-])cc1.[Na+]. The first kappa shape index (κ1) is 24.9. The van der Waals surface area contributed by atoms with E-state index in [-0.39, 0.29) is 36.2 Å². The van der Waals surface area contributed by atoms with E-state index in [0.717, 1.165) is 12.2 Å². The van der Waals surface area contributed by atoms with Crippen molar-refractivity contribution in [2.75, 3.05) is 13.2 Å². The number of aryl methyl sites for hydroxylation is 1. The van der Waals surface area contributed by atoms with E-state index in [0.29, 0.717) is 13.0 Å². The zero-order chi connectivity index (χ0) is 17.7. The fourth-order valence-corrected chi connectivity index (χ4v) is 2.77. The topological polar surface area (TPSA) is 75.7 Å². The summed E-state index contributed by atoms with van der Waals surface area (Å²) >= 11 is 0. The Morgan fingerprint density at radius 2 is 1.48 bits per heavy atom. The van der Waals surface area contributed by atoms with Gasteiger partial charge in [-0.25, -0.2) is 8.42 Å². The maximum absolute atomic E-state index is 10.3. The van der Waals surface area contributed by atoms with Crippen molar-refractivity contribution in [2.24, 2.45) is 0 Å². The van der Waals surface area contributed by atoms with Gasteiger partial charge in [-0.15, -0.1) is 0 Å². The van der Waals surface area contributed by atoms with Crippen molar-refractivity contribution >= 4 is 10.4 Å². The van der Waals surface area contributed by atoms with Crippen molar-refractivity contribution in [2.45, 2.75) is 64.7 Å². The molecule has 0 saturated carbocycles. The minimum Gasteiger partial charge on any atom is -0.726 e. The third-order valence-electron chi connectivity index (χ3n) is 3.78. The van der Waals surface area contributed by atoms with E-state index in [4.69, 9.17) is 4.74 Å². The summed E-state index contributed by atoms with van der Waals surface area (Å²) in [5, 5.41) is 0. The Morgan fingerprint density at radius 1 is 0.880 bits per heavy atom. The van der Waals surface area contributed by atoms with Gasteiger partial charge in [-0.1, -0.05) is 57.6 Å². The molecule has 0 atom stereocenters. The van der Waals surface area contributed by atoms with E-state index in [9.17, 15) is 13.0 Å². The number of unbranched alkanes of at least 4 members (excludes halogenated alkanes) is 6. The van der Waals surface area contributed by atoms with Crippen LogP contribution in [0.4, 0.5) is 0 Å². The molecular weight excluding hydrogens is 351 g/mol. The summed E-state index contributed by atoms with van der Waals surface area (Å²) in [6.07, 6.45) is 10.6. The molecule has 0 N–H and O–H groups in total. The Morgan fingerprint density at radius 3 is 2.08 bits per heavy atom. The van der Waals surface area contributed by atoms with Crippen LogP contribution in [-0.2, 0) is 21.0 Å². The normalized spacial score (nSPS) is 11.1. The van der Waals surface area contributed by atoms with Crippen molar-refractivity contribution < 1.29 is 51.4 Å². The van der Waals surface area contributed by atoms with Gasteiger partial charge in [0.1, 0.15) is 5.75 Å². The van der Waals surface area contributed by atoms with Crippen LogP contribution < -0.4 is 34.3 Å². The molecule has 0 radical (unpaired) electrons. The zero-order valence-corrected chi connectivity index (χ0v) is 18.4. The summed E-state index contributed by atoms with van der Waals surface area (Å²) in [6.45, 7) is 2.40. The third-order valence-corrected chi connectivity index (χ3v) is 4.23. The average molecular weight is 380 g/mol. The molecule has 1 aromatic rings. The largest absolute Gasteiger partial charge is 1.00 e. The number of rotatable bonds is 14. The van der Waals surface area contributed by atoms with Crippen molar-refractivity contribution in [3.63, 3.8) is 0 Å². The predicted octanol–water partition coefficient (Wildman–Crippen LogP) is 1.23. The molecule has 1 rings (SSSR count). The van der Waals surface area contributed by atoms with Crippen LogP contribution in [0.2, 0.25) is 0 Å². The van der Waals surface area contributed by atoms with E-state index >= 15 is 0 Å². The van der Waals surface area contributed by atoms with E-state index < -0.39 is 10.4 Å². The van der Waals surface area contributed by atoms with E-state index in [1.54, 1.807) is 0 Å². The molecule has 0 aromatic heterocycles. The quantitative estimate of drug-likeness (QED) is 0.210. The van der Waals surface area contributed by atoms with E-state index in [1.807, 2.05) is 12.1 Å². The summed E-state index contributed by atoms with van der Waals surface area (Å²) < 4.78 is 40.4. The molecule has 0 aliphatic carbocycles. The fourth-order valence-electron chi connectivity index (χ4n) is 2.45. The number of hydrogen-bond donors (Lipinski definition) is 0. The molecule has 0 amide bonds. The molecule has 5 nitrogen and oxygen atoms in total. The van der Waals surface area contributed by atoms with Gasteiger partial charge in [0.2, 0.25) is 10.4 Å². The predicted molar refractivity (Wildman–Crippen MR) is 93.9 cm³/mol. The molecule has 1 aromatic carbocycles. The Kier molecular flexibility index (Phi) is 14.9. The van der Waals surface area contributed by atoms with Gasteiger partial charge in [0.25, 0.3) is 0 Å². The molecule has 0 saturated heterocycles. The van der Waals surface area contributed by atoms with E-state index in [1.165, 1.54) is 50.5 Å². The van der Waals surface area contributed by atoms with Crippen molar-refractivity contribution in [1.29, 1.82) is 0 Å². The summed E-state index contributed by atoms with van der Waals surface area (Å²) in [6, 6.07) is 7.96. The average Bonchev–Trinajstić information content (AvgIpc) is 2.54. The van der Waals surface area contributed by atoms with E-state index in [2.05, 4.69) is 23.2 Å². The van der Waals surface area contributed by atoms with Crippen molar-refractivity contribution in [3.05, 3.63) is 29.8 Å². The summed E-state index contributed by atoms with van der Waals surface area (Å²) in [4.78, 5) is 0. The number of hydrogen-bond acceptors (Lipinski definition) is 5. The van der Waals surface area contributed by atoms with Crippen LogP contribution >= 0.6 is 0 Å². The minimum atomic E-state index is -4.60. The first-order valence-corrected chi connectivity index (χ1v) is 10.2. The summed E-state index contributed by atoms with van der Waals surface area (Å²) in [5.41, 5.74) is 1.30. The smallest absolute Gasteiger partial charge is 0.726 e. The second-order valence-electron chi connectivity index (χ2n) is 5.95. The van der Waals surface area contributed by atoms with Crippen LogP contribution in [0.25, 0.3) is 0 Å². The fraction of sp³-hybridized carbons (Fsp3) is 0.667. The Balaban J connectivity index is 0.00000576. The first-order chi connectivity index (χ1) is 11.5. The van der Waals surface area contributed by atoms with Gasteiger partial charge in [-0.05, 0) is 30.5 Å². The van der Waals surface area contributed by atoms with Gasteiger partial charge in [0.15, 0.2) is 0 Å². The molecule has 0 unspecified atom stereocenters. The monoisotopic (exact) mass is 380 g/mol. The second-order valence-corrected chi connectivity index (χ2v) is 7.00. The van der Waals surface area contributed by atoms with Gasteiger partial charge >= 0.3 is 29.6 Å². The van der Waals surface area contributed by atoms with Gasteiger partial charge in [-0.3, -0.25) is 4.18 Å².